The Morgan fingerprint density at radius 2 is 1.66 bits per heavy atom. The number of thioether (sulfide) groups is 1. The fraction of sp³-hybridized carbons (Fsp3) is 0.400. The quantitative estimate of drug-likeness (QED) is 0.171. The van der Waals surface area contributed by atoms with Crippen molar-refractivity contribution >= 4 is 25.4 Å². The van der Waals surface area contributed by atoms with Crippen molar-refractivity contribution in [3.8, 4) is 0 Å². The van der Waals surface area contributed by atoms with Crippen LogP contribution in [0.2, 0.25) is 0 Å². The maximum Gasteiger partial charge on any atom is 0.335 e. The van der Waals surface area contributed by atoms with Crippen LogP contribution in [-0.4, -0.2) is 66.7 Å². The largest absolute Gasteiger partial charge is 0.382 e. The average molecular weight is 577 g/mol. The Balaban J connectivity index is 1.71. The van der Waals surface area contributed by atoms with E-state index in [2.05, 4.69) is 0 Å². The normalized spacial score (nSPS) is 18.0. The Morgan fingerprint density at radius 1 is 1.05 bits per heavy atom. The minimum Gasteiger partial charge on any atom is -0.382 e. The summed E-state index contributed by atoms with van der Waals surface area (Å²) in [5, 5.41) is 6.81. The van der Waals surface area contributed by atoms with Gasteiger partial charge in [0.2, 0.25) is 0 Å². The molecule has 1 fully saturated rings. The first-order valence-corrected chi connectivity index (χ1v) is 14.5. The standard InChI is InChI=1S/C25H29F4N2O5PS/c26-24(27,38-18-37(34,35)36)14-7-15-31-21(17-30(23(31)33)16-19-8-3-1-4-9-19)12-13-22(32)25(28,29)20-10-5-2-6-11-20/h1-6,8-13,21-22,32H,7,14-18H2,(H2,34,35,36)/t21-,22?/m0/s1. The van der Waals surface area contributed by atoms with Crippen molar-refractivity contribution in [3.63, 3.8) is 0 Å². The molecule has 0 bridgehead atoms. The number of aliphatic hydroxyl groups excluding tert-OH is 1. The number of urea groups is 1. The SMILES string of the molecule is O=C1N(Cc2ccccc2)C[C@H](C=CC(O)C(F)(F)c2ccccc2)N1CCCC(F)(F)SCP(=O)(O)O. The third-order valence-corrected chi connectivity index (χ3v) is 8.38. The molecule has 1 aliphatic rings. The summed E-state index contributed by atoms with van der Waals surface area (Å²) in [6, 6.07) is 14.6. The van der Waals surface area contributed by atoms with Crippen LogP contribution < -0.4 is 0 Å². The summed E-state index contributed by atoms with van der Waals surface area (Å²) < 4.78 is 68.6. The number of nitrogens with zero attached hydrogens (tertiary/aromatic N) is 2. The van der Waals surface area contributed by atoms with Crippen molar-refractivity contribution < 1.29 is 41.8 Å². The lowest BCUT2D eigenvalue weighted by Crippen LogP contribution is -2.36. The fourth-order valence-corrected chi connectivity index (χ4v) is 5.70. The Bertz CT molecular complexity index is 1140. The van der Waals surface area contributed by atoms with Crippen LogP contribution in [-0.2, 0) is 17.0 Å². The van der Waals surface area contributed by atoms with E-state index in [-0.39, 0.29) is 43.4 Å². The number of hydrogen-bond donors (Lipinski definition) is 3. The molecule has 38 heavy (non-hydrogen) atoms. The molecular weight excluding hydrogens is 547 g/mol. The molecule has 2 amide bonds. The minimum absolute atomic E-state index is 0.0944. The van der Waals surface area contributed by atoms with Crippen LogP contribution in [0, 0.1) is 0 Å². The number of rotatable bonds is 13. The summed E-state index contributed by atoms with van der Waals surface area (Å²) in [5.74, 6) is -3.59. The molecule has 208 valence electrons. The molecule has 0 saturated carbocycles. The average Bonchev–Trinajstić information content (AvgIpc) is 3.16. The number of alkyl halides is 4. The topological polar surface area (TPSA) is 101 Å². The first-order chi connectivity index (χ1) is 17.8. The number of hydrogen-bond acceptors (Lipinski definition) is 4. The second-order valence-electron chi connectivity index (χ2n) is 8.91. The molecule has 2 aromatic carbocycles. The van der Waals surface area contributed by atoms with Gasteiger partial charge in [-0.25, -0.2) is 4.79 Å². The zero-order valence-corrected chi connectivity index (χ0v) is 22.0. The van der Waals surface area contributed by atoms with Crippen molar-refractivity contribution in [1.82, 2.24) is 9.80 Å². The smallest absolute Gasteiger partial charge is 0.335 e. The molecule has 1 heterocycles. The highest BCUT2D eigenvalue weighted by Gasteiger charge is 2.41. The van der Waals surface area contributed by atoms with E-state index >= 15 is 0 Å². The van der Waals surface area contributed by atoms with E-state index in [1.165, 1.54) is 40.1 Å². The summed E-state index contributed by atoms with van der Waals surface area (Å²) in [5.41, 5.74) is -0.592. The van der Waals surface area contributed by atoms with E-state index in [1.54, 1.807) is 18.2 Å². The molecule has 2 atom stereocenters. The van der Waals surface area contributed by atoms with Crippen LogP contribution in [0.3, 0.4) is 0 Å². The van der Waals surface area contributed by atoms with Gasteiger partial charge in [0.05, 0.1) is 6.04 Å². The lowest BCUT2D eigenvalue weighted by atomic mass is 10.0. The van der Waals surface area contributed by atoms with E-state index in [0.717, 1.165) is 11.6 Å². The van der Waals surface area contributed by atoms with Crippen LogP contribution in [0.25, 0.3) is 0 Å². The Hall–Kier alpha value is -2.37. The van der Waals surface area contributed by atoms with Crippen LogP contribution in [0.1, 0.15) is 24.0 Å². The molecule has 7 nitrogen and oxygen atoms in total. The van der Waals surface area contributed by atoms with Crippen molar-refractivity contribution in [2.45, 2.75) is 42.7 Å². The van der Waals surface area contributed by atoms with E-state index in [4.69, 9.17) is 9.79 Å². The van der Waals surface area contributed by atoms with Gasteiger partial charge >= 0.3 is 19.5 Å². The molecule has 2 aromatic rings. The molecule has 0 radical (unpaired) electrons. The zero-order chi connectivity index (χ0) is 28.0. The first-order valence-electron chi connectivity index (χ1n) is 11.7. The van der Waals surface area contributed by atoms with Crippen molar-refractivity contribution in [3.05, 3.63) is 83.9 Å². The van der Waals surface area contributed by atoms with Crippen molar-refractivity contribution in [2.24, 2.45) is 0 Å². The minimum atomic E-state index is -4.61. The highest BCUT2D eigenvalue weighted by Crippen LogP contribution is 2.46. The summed E-state index contributed by atoms with van der Waals surface area (Å²) in [6.45, 7) is 0.172. The van der Waals surface area contributed by atoms with Crippen molar-refractivity contribution in [1.29, 1.82) is 0 Å². The second-order valence-corrected chi connectivity index (χ2v) is 12.2. The zero-order valence-electron chi connectivity index (χ0n) is 20.2. The Morgan fingerprint density at radius 3 is 2.26 bits per heavy atom. The number of carbonyl (C=O) groups is 1. The number of carbonyl (C=O) groups excluding carboxylic acids is 1. The molecule has 13 heteroatoms. The highest BCUT2D eigenvalue weighted by atomic mass is 32.2. The molecule has 1 saturated heterocycles. The molecule has 1 unspecified atom stereocenters. The summed E-state index contributed by atoms with van der Waals surface area (Å²) in [6.07, 6.45) is -0.928. The van der Waals surface area contributed by atoms with Crippen LogP contribution >= 0.6 is 19.4 Å². The lowest BCUT2D eigenvalue weighted by Gasteiger charge is -2.24. The monoisotopic (exact) mass is 576 g/mol. The Labute approximate surface area is 222 Å². The van der Waals surface area contributed by atoms with E-state index in [0.29, 0.717) is 0 Å². The molecule has 0 spiro atoms. The van der Waals surface area contributed by atoms with Gasteiger partial charge in [-0.05, 0) is 12.0 Å². The first kappa shape index (κ1) is 30.2. The van der Waals surface area contributed by atoms with E-state index in [1.807, 2.05) is 18.2 Å². The molecule has 3 N–H and O–H groups in total. The molecule has 0 aliphatic carbocycles. The number of aliphatic hydroxyl groups is 1. The van der Waals surface area contributed by atoms with Gasteiger partial charge in [0, 0.05) is 31.6 Å². The predicted molar refractivity (Wildman–Crippen MR) is 137 cm³/mol. The van der Waals surface area contributed by atoms with Gasteiger partial charge in [-0.1, -0.05) is 84.6 Å². The molecule has 1 aliphatic heterocycles. The van der Waals surface area contributed by atoms with Crippen molar-refractivity contribution in [2.75, 3.05) is 18.6 Å². The van der Waals surface area contributed by atoms with E-state index < -0.39 is 48.9 Å². The number of amides is 2. The summed E-state index contributed by atoms with van der Waals surface area (Å²) in [4.78, 5) is 33.5. The Kier molecular flexibility index (Phi) is 10.0. The molecule has 0 aromatic heterocycles. The van der Waals surface area contributed by atoms with Gasteiger partial charge in [-0.2, -0.15) is 17.6 Å². The van der Waals surface area contributed by atoms with Gasteiger partial charge in [-0.15, -0.1) is 0 Å². The summed E-state index contributed by atoms with van der Waals surface area (Å²) in [7, 11) is -4.61. The highest BCUT2D eigenvalue weighted by molar-refractivity contribution is 8.05. The molecular formula is C25H29F4N2O5PS. The number of halogens is 4. The lowest BCUT2D eigenvalue weighted by molar-refractivity contribution is -0.0929. The second kappa shape index (κ2) is 12.7. The van der Waals surface area contributed by atoms with Gasteiger partial charge < -0.3 is 24.7 Å². The third-order valence-electron chi connectivity index (χ3n) is 5.90. The van der Waals surface area contributed by atoms with Crippen LogP contribution in [0.15, 0.2) is 72.8 Å². The van der Waals surface area contributed by atoms with Crippen LogP contribution in [0.4, 0.5) is 22.4 Å². The molecule has 3 rings (SSSR count). The van der Waals surface area contributed by atoms with Gasteiger partial charge in [0.15, 0.2) is 0 Å². The maximum absolute atomic E-state index is 14.7. The fourth-order valence-electron chi connectivity index (χ4n) is 3.98. The number of benzene rings is 2. The van der Waals surface area contributed by atoms with Gasteiger partial charge in [0.25, 0.3) is 5.25 Å². The van der Waals surface area contributed by atoms with Gasteiger partial charge in [0.1, 0.15) is 11.6 Å². The van der Waals surface area contributed by atoms with Gasteiger partial charge in [-0.3, -0.25) is 4.57 Å². The maximum atomic E-state index is 14.7. The van der Waals surface area contributed by atoms with E-state index in [9.17, 15) is 32.0 Å². The predicted octanol–water partition coefficient (Wildman–Crippen LogP) is 5.24. The van der Waals surface area contributed by atoms with Crippen LogP contribution in [0.5, 0.6) is 0 Å². The summed E-state index contributed by atoms with van der Waals surface area (Å²) >= 11 is -0.154. The third kappa shape index (κ3) is 8.57.